The van der Waals surface area contributed by atoms with Gasteiger partial charge in [-0.15, -0.1) is 0 Å². The standard InChI is InChI=1S/C21H26O9.CH4/c1-7-13(23)29-16-18(7)9(17(3,4)5)6-10-19(18)11(22)12-20(26,8(2)14(24)28-12)21(19,30-16)15(25)27-10;/h7-12,16,22,26H,6H2,1-5H3;1H4/t7-,8+,9-,10?,11-,12?,16?,18?,19?,20+,21+;/m0./s1. The van der Waals surface area contributed by atoms with Crippen molar-refractivity contribution in [2.24, 2.45) is 34.0 Å². The van der Waals surface area contributed by atoms with E-state index in [4.69, 9.17) is 18.9 Å². The summed E-state index contributed by atoms with van der Waals surface area (Å²) in [5.41, 5.74) is -7.14. The van der Waals surface area contributed by atoms with Crippen LogP contribution in [0.5, 0.6) is 0 Å². The number of hydrogen-bond acceptors (Lipinski definition) is 9. The van der Waals surface area contributed by atoms with Crippen LogP contribution in [-0.2, 0) is 33.3 Å². The number of rotatable bonds is 0. The van der Waals surface area contributed by atoms with Crippen LogP contribution in [0.15, 0.2) is 0 Å². The third kappa shape index (κ3) is 1.55. The molecule has 2 spiro atoms. The fourth-order valence-electron chi connectivity index (χ4n) is 8.47. The average molecular weight is 438 g/mol. The Kier molecular flexibility index (Phi) is 3.59. The fraction of sp³-hybridized carbons (Fsp3) is 0.864. The van der Waals surface area contributed by atoms with Gasteiger partial charge in [-0.25, -0.2) is 4.79 Å². The largest absolute Gasteiger partial charge is 0.459 e. The van der Waals surface area contributed by atoms with Crippen LogP contribution in [0.3, 0.4) is 0 Å². The highest BCUT2D eigenvalue weighted by atomic mass is 16.7. The number of fused-ring (bicyclic) bond motifs is 1. The summed E-state index contributed by atoms with van der Waals surface area (Å²) in [6, 6.07) is 0. The van der Waals surface area contributed by atoms with Gasteiger partial charge in [0.05, 0.1) is 22.7 Å². The molecule has 6 rings (SSSR count). The van der Waals surface area contributed by atoms with Gasteiger partial charge in [-0.2, -0.15) is 0 Å². The van der Waals surface area contributed by atoms with Crippen LogP contribution < -0.4 is 0 Å². The second-order valence-electron chi connectivity index (χ2n) is 11.0. The third-order valence-corrected chi connectivity index (χ3v) is 9.39. The molecule has 6 aliphatic rings. The van der Waals surface area contributed by atoms with Crippen LogP contribution in [0, 0.1) is 34.0 Å². The summed E-state index contributed by atoms with van der Waals surface area (Å²) in [6.07, 6.45) is -4.35. The number of hydrogen-bond donors (Lipinski definition) is 2. The van der Waals surface area contributed by atoms with Gasteiger partial charge in [0, 0.05) is 0 Å². The highest BCUT2D eigenvalue weighted by Gasteiger charge is 3.03. The normalized spacial score (nSPS) is 58.2. The first kappa shape index (κ1) is 21.2. The Hall–Kier alpha value is -1.71. The maximum atomic E-state index is 13.4. The van der Waals surface area contributed by atoms with Gasteiger partial charge < -0.3 is 29.2 Å². The lowest BCUT2D eigenvalue weighted by Gasteiger charge is -2.48. The van der Waals surface area contributed by atoms with Crippen LogP contribution in [0.4, 0.5) is 0 Å². The lowest BCUT2D eigenvalue weighted by Crippen LogP contribution is -2.66. The number of aliphatic hydroxyl groups excluding tert-OH is 1. The first-order valence-corrected chi connectivity index (χ1v) is 10.5. The molecule has 9 nitrogen and oxygen atoms in total. The summed E-state index contributed by atoms with van der Waals surface area (Å²) < 4.78 is 23.1. The van der Waals surface area contributed by atoms with Gasteiger partial charge in [-0.05, 0) is 24.7 Å². The van der Waals surface area contributed by atoms with Gasteiger partial charge in [0.2, 0.25) is 11.9 Å². The van der Waals surface area contributed by atoms with E-state index in [2.05, 4.69) is 0 Å². The predicted molar refractivity (Wildman–Crippen MR) is 102 cm³/mol. The number of ether oxygens (including phenoxy) is 4. The van der Waals surface area contributed by atoms with E-state index in [0.717, 1.165) is 0 Å². The molecule has 2 saturated carbocycles. The monoisotopic (exact) mass is 438 g/mol. The van der Waals surface area contributed by atoms with Crippen molar-refractivity contribution in [3.8, 4) is 0 Å². The van der Waals surface area contributed by atoms with Gasteiger partial charge >= 0.3 is 17.9 Å². The van der Waals surface area contributed by atoms with Crippen LogP contribution in [0.1, 0.15) is 48.5 Å². The summed E-state index contributed by atoms with van der Waals surface area (Å²) >= 11 is 0. The van der Waals surface area contributed by atoms with Crippen molar-refractivity contribution in [1.82, 2.24) is 0 Å². The molecule has 172 valence electrons. The lowest BCUT2D eigenvalue weighted by atomic mass is 9.49. The third-order valence-electron chi connectivity index (χ3n) is 9.39. The Bertz CT molecular complexity index is 924. The number of aliphatic hydroxyl groups is 2. The average Bonchev–Trinajstić information content (AvgIpc) is 3.35. The van der Waals surface area contributed by atoms with Gasteiger partial charge in [-0.3, -0.25) is 9.59 Å². The Balaban J connectivity index is 0.00000204. The molecule has 0 bridgehead atoms. The molecule has 31 heavy (non-hydrogen) atoms. The Morgan fingerprint density at radius 1 is 1.00 bits per heavy atom. The SMILES string of the molecule is C.C[C@@H]1C(=O)OC2[C@H](O)C34C5C[C@@H](C(C)(C)C)C36C(OC(=O)[C@@H]6C)O[C@@]4(C(=O)O5)[C@]21O. The maximum Gasteiger partial charge on any atom is 0.343 e. The van der Waals surface area contributed by atoms with Crippen molar-refractivity contribution in [3.63, 3.8) is 0 Å². The summed E-state index contributed by atoms with van der Waals surface area (Å²) in [4.78, 5) is 38.6. The smallest absolute Gasteiger partial charge is 0.343 e. The van der Waals surface area contributed by atoms with Crippen LogP contribution >= 0.6 is 0 Å². The molecule has 6 fully saturated rings. The van der Waals surface area contributed by atoms with Crippen LogP contribution in [-0.4, -0.2) is 63.9 Å². The minimum Gasteiger partial charge on any atom is -0.459 e. The van der Waals surface area contributed by atoms with E-state index in [1.54, 1.807) is 6.92 Å². The van der Waals surface area contributed by atoms with E-state index < -0.39 is 76.4 Å². The number of esters is 3. The second-order valence-corrected chi connectivity index (χ2v) is 11.0. The highest BCUT2D eigenvalue weighted by Crippen LogP contribution is 2.85. The molecule has 9 heteroatoms. The molecule has 5 unspecified atom stereocenters. The molecule has 2 N–H and O–H groups in total. The van der Waals surface area contributed by atoms with Crippen molar-refractivity contribution in [3.05, 3.63) is 0 Å². The van der Waals surface area contributed by atoms with Gasteiger partial charge in [-0.1, -0.05) is 35.1 Å². The quantitative estimate of drug-likeness (QED) is 0.411. The van der Waals surface area contributed by atoms with Gasteiger partial charge in [0.15, 0.2) is 11.7 Å². The highest BCUT2D eigenvalue weighted by molar-refractivity contribution is 5.93. The van der Waals surface area contributed by atoms with Gasteiger partial charge in [0.25, 0.3) is 0 Å². The Labute approximate surface area is 180 Å². The fourth-order valence-corrected chi connectivity index (χ4v) is 8.47. The molecule has 0 aromatic rings. The second kappa shape index (κ2) is 5.26. The van der Waals surface area contributed by atoms with Crippen molar-refractivity contribution in [2.75, 3.05) is 0 Å². The Morgan fingerprint density at radius 2 is 1.61 bits per heavy atom. The summed E-state index contributed by atoms with van der Waals surface area (Å²) in [7, 11) is 0. The molecular weight excluding hydrogens is 408 g/mol. The minimum atomic E-state index is -2.13. The molecule has 0 aromatic carbocycles. The molecular formula is C22H30O9. The lowest BCUT2D eigenvalue weighted by molar-refractivity contribution is -0.239. The first-order valence-electron chi connectivity index (χ1n) is 10.5. The molecule has 0 radical (unpaired) electrons. The van der Waals surface area contributed by atoms with Gasteiger partial charge in [0.1, 0.15) is 12.2 Å². The van der Waals surface area contributed by atoms with E-state index in [0.29, 0.717) is 6.42 Å². The first-order chi connectivity index (χ1) is 13.8. The molecule has 11 atom stereocenters. The van der Waals surface area contributed by atoms with E-state index >= 15 is 0 Å². The molecule has 4 saturated heterocycles. The number of carbonyl (C=O) groups is 3. The molecule has 4 heterocycles. The van der Waals surface area contributed by atoms with Crippen molar-refractivity contribution >= 4 is 17.9 Å². The number of carbonyl (C=O) groups excluding carboxylic acids is 3. The van der Waals surface area contributed by atoms with Crippen LogP contribution in [0.2, 0.25) is 0 Å². The van der Waals surface area contributed by atoms with Crippen LogP contribution in [0.25, 0.3) is 0 Å². The molecule has 0 amide bonds. The van der Waals surface area contributed by atoms with E-state index in [1.165, 1.54) is 6.92 Å². The summed E-state index contributed by atoms with van der Waals surface area (Å²) in [5.74, 6) is -4.08. The summed E-state index contributed by atoms with van der Waals surface area (Å²) in [5, 5.41) is 23.7. The Morgan fingerprint density at radius 3 is 2.23 bits per heavy atom. The molecule has 4 aliphatic heterocycles. The topological polar surface area (TPSA) is 129 Å². The van der Waals surface area contributed by atoms with E-state index in [9.17, 15) is 24.6 Å². The molecule has 0 aromatic heterocycles. The zero-order valence-corrected chi connectivity index (χ0v) is 17.5. The molecule has 2 aliphatic carbocycles. The van der Waals surface area contributed by atoms with E-state index in [-0.39, 0.29) is 18.8 Å². The van der Waals surface area contributed by atoms with Crippen molar-refractivity contribution in [2.45, 2.75) is 84.3 Å². The summed E-state index contributed by atoms with van der Waals surface area (Å²) in [6.45, 7) is 9.26. The zero-order valence-electron chi connectivity index (χ0n) is 17.5. The van der Waals surface area contributed by atoms with Crippen molar-refractivity contribution in [1.29, 1.82) is 0 Å². The predicted octanol–water partition coefficient (Wildman–Crippen LogP) is 0.542. The maximum absolute atomic E-state index is 13.4. The van der Waals surface area contributed by atoms with Crippen molar-refractivity contribution < 1.29 is 43.5 Å². The zero-order chi connectivity index (χ0) is 21.8. The minimum absolute atomic E-state index is 0. The van der Waals surface area contributed by atoms with E-state index in [1.807, 2.05) is 20.8 Å².